The molecular weight excluding hydrogens is 782 g/mol. The fourth-order valence-corrected chi connectivity index (χ4v) is 7.65. The van der Waals surface area contributed by atoms with E-state index in [1.807, 2.05) is 0 Å². The van der Waals surface area contributed by atoms with Crippen LogP contribution >= 0.6 is 56.8 Å². The largest absolute Gasteiger partial charge is 0.244 e. The maximum Gasteiger partial charge on any atom is 0.0917 e. The fourth-order valence-electron chi connectivity index (χ4n) is 4.61. The van der Waals surface area contributed by atoms with Gasteiger partial charge in [0.25, 0.3) is 0 Å². The van der Waals surface area contributed by atoms with Crippen molar-refractivity contribution in [1.82, 2.24) is 24.1 Å². The van der Waals surface area contributed by atoms with E-state index in [1.54, 1.807) is 0 Å². The molecule has 3 aromatic heterocycles. The SMILES string of the molecule is CC(C)(C)c1cc(-c2cc(-c3cc(C(C)(C)C)nn3PI)nc(-c3cc(C(C)(C)C)nn3PI)c2)cc(C(C)(C)C)c1. The van der Waals surface area contributed by atoms with E-state index in [0.29, 0.717) is 12.7 Å². The molecule has 4 rings (SSSR count). The summed E-state index contributed by atoms with van der Waals surface area (Å²) < 4.78 is 4.22. The standard InChI is InChI=1S/C33H45I2N5P2/c1-30(2,3)22-13-20(14-23(17-22)31(4,5)6)21-15-24(26-18-28(32(7,8)9)37-39(26)41-34)36-25(16-21)27-19-29(33(10,11)12)38-40(27)42-35/h13-19,41-42H,1-12H3. The number of aromatic nitrogens is 5. The van der Waals surface area contributed by atoms with Crippen molar-refractivity contribution in [2.45, 2.75) is 105 Å². The maximum atomic E-state index is 5.33. The van der Waals surface area contributed by atoms with E-state index < -0.39 is 0 Å². The summed E-state index contributed by atoms with van der Waals surface area (Å²) in [4.78, 5) is 5.33. The van der Waals surface area contributed by atoms with Gasteiger partial charge < -0.3 is 0 Å². The van der Waals surface area contributed by atoms with Gasteiger partial charge in [0.2, 0.25) is 0 Å². The first-order chi connectivity index (χ1) is 19.2. The molecule has 0 aliphatic heterocycles. The van der Waals surface area contributed by atoms with E-state index in [2.05, 4.69) is 179 Å². The van der Waals surface area contributed by atoms with Crippen molar-refractivity contribution >= 4 is 56.8 Å². The normalized spacial score (nSPS) is 13.8. The zero-order valence-electron chi connectivity index (χ0n) is 27.0. The molecule has 0 saturated heterocycles. The predicted molar refractivity (Wildman–Crippen MR) is 202 cm³/mol. The van der Waals surface area contributed by atoms with Crippen LogP contribution in [0.4, 0.5) is 0 Å². The van der Waals surface area contributed by atoms with Crippen molar-refractivity contribution in [2.24, 2.45) is 0 Å². The molecule has 0 fully saturated rings. The van der Waals surface area contributed by atoms with Crippen LogP contribution in [-0.4, -0.2) is 24.1 Å². The quantitative estimate of drug-likeness (QED) is 0.149. The van der Waals surface area contributed by atoms with Crippen LogP contribution < -0.4 is 0 Å². The van der Waals surface area contributed by atoms with Crippen molar-refractivity contribution < 1.29 is 0 Å². The molecule has 9 heteroatoms. The van der Waals surface area contributed by atoms with Crippen molar-refractivity contribution in [2.75, 3.05) is 0 Å². The average Bonchev–Trinajstić information content (AvgIpc) is 3.52. The summed E-state index contributed by atoms with van der Waals surface area (Å²) in [6.07, 6.45) is 0.948. The maximum absolute atomic E-state index is 5.33. The number of benzene rings is 1. The Morgan fingerprint density at radius 1 is 0.500 bits per heavy atom. The van der Waals surface area contributed by atoms with E-state index in [4.69, 9.17) is 15.2 Å². The smallest absolute Gasteiger partial charge is 0.0917 e. The van der Waals surface area contributed by atoms with E-state index in [-0.39, 0.29) is 21.7 Å². The molecule has 42 heavy (non-hydrogen) atoms. The van der Waals surface area contributed by atoms with Crippen LogP contribution in [0.15, 0.2) is 42.5 Å². The Hall–Kier alpha value is -0.890. The van der Waals surface area contributed by atoms with Gasteiger partial charge in [-0.15, -0.1) is 0 Å². The summed E-state index contributed by atoms with van der Waals surface area (Å²) in [5, 5.41) is 10.0. The van der Waals surface area contributed by atoms with Crippen LogP contribution in [0.2, 0.25) is 0 Å². The fraction of sp³-hybridized carbons (Fsp3) is 0.485. The number of rotatable bonds is 5. The highest BCUT2D eigenvalue weighted by Crippen LogP contribution is 2.41. The van der Waals surface area contributed by atoms with Gasteiger partial charge in [0, 0.05) is 10.8 Å². The van der Waals surface area contributed by atoms with Gasteiger partial charge in [0.05, 0.1) is 46.9 Å². The molecule has 2 atom stereocenters. The lowest BCUT2D eigenvalue weighted by Crippen LogP contribution is -2.16. The highest BCUT2D eigenvalue weighted by Gasteiger charge is 2.26. The van der Waals surface area contributed by atoms with Crippen molar-refractivity contribution in [3.63, 3.8) is 0 Å². The van der Waals surface area contributed by atoms with Crippen molar-refractivity contribution in [1.29, 1.82) is 0 Å². The lowest BCUT2D eigenvalue weighted by atomic mass is 9.79. The first kappa shape index (κ1) is 34.0. The first-order valence-electron chi connectivity index (χ1n) is 14.4. The molecule has 226 valence electrons. The molecule has 0 aliphatic carbocycles. The van der Waals surface area contributed by atoms with Crippen LogP contribution in [-0.2, 0) is 21.7 Å². The van der Waals surface area contributed by atoms with E-state index >= 15 is 0 Å². The molecule has 0 amide bonds. The molecule has 0 saturated carbocycles. The third kappa shape index (κ3) is 7.49. The molecule has 1 aromatic carbocycles. The van der Waals surface area contributed by atoms with Crippen LogP contribution in [0, 0.1) is 0 Å². The zero-order valence-corrected chi connectivity index (χ0v) is 33.3. The highest BCUT2D eigenvalue weighted by molar-refractivity contribution is 14.2. The highest BCUT2D eigenvalue weighted by atomic mass is 127. The monoisotopic (exact) mass is 827 g/mol. The number of pyridine rings is 1. The lowest BCUT2D eigenvalue weighted by molar-refractivity contribution is 0.564. The minimum absolute atomic E-state index is 0.0276. The average molecular weight is 828 g/mol. The predicted octanol–water partition coefficient (Wildman–Crippen LogP) is 11.2. The third-order valence-electron chi connectivity index (χ3n) is 7.46. The number of hydrogen-bond acceptors (Lipinski definition) is 3. The summed E-state index contributed by atoms with van der Waals surface area (Å²) >= 11 is 4.85. The van der Waals surface area contributed by atoms with Gasteiger partial charge in [-0.3, -0.25) is 0 Å². The van der Waals surface area contributed by atoms with Crippen LogP contribution in [0.25, 0.3) is 33.9 Å². The van der Waals surface area contributed by atoms with Crippen LogP contribution in [0.3, 0.4) is 0 Å². The molecule has 0 spiro atoms. The van der Waals surface area contributed by atoms with E-state index in [0.717, 1.165) is 39.7 Å². The summed E-state index contributed by atoms with van der Waals surface area (Å²) in [7, 11) is 0. The minimum Gasteiger partial charge on any atom is -0.244 e. The summed E-state index contributed by atoms with van der Waals surface area (Å²) in [6, 6.07) is 16.1. The summed E-state index contributed by atoms with van der Waals surface area (Å²) in [5.74, 6) is 0. The molecule has 4 aromatic rings. The Morgan fingerprint density at radius 2 is 0.857 bits per heavy atom. The number of hydrogen-bond donors (Lipinski definition) is 0. The topological polar surface area (TPSA) is 48.5 Å². The van der Waals surface area contributed by atoms with Gasteiger partial charge in [-0.2, -0.15) is 10.2 Å². The Labute approximate surface area is 282 Å². The number of halogens is 2. The molecular formula is C33H45I2N5P2. The molecule has 0 radical (unpaired) electrons. The number of nitrogens with zero attached hydrogens (tertiary/aromatic N) is 5. The molecule has 0 N–H and O–H groups in total. The molecule has 5 nitrogen and oxygen atoms in total. The Bertz CT molecular complexity index is 1480. The van der Waals surface area contributed by atoms with Crippen molar-refractivity contribution in [3.05, 3.63) is 65.0 Å². The van der Waals surface area contributed by atoms with Gasteiger partial charge in [-0.1, -0.05) is 101 Å². The first-order valence-corrected chi connectivity index (χ1v) is 22.5. The molecule has 0 aliphatic rings. The van der Waals surface area contributed by atoms with Crippen LogP contribution in [0.5, 0.6) is 0 Å². The van der Waals surface area contributed by atoms with E-state index in [1.165, 1.54) is 16.7 Å². The minimum atomic E-state index is -0.0536. The summed E-state index contributed by atoms with van der Waals surface area (Å²) in [5.41, 5.74) is 11.2. The zero-order chi connectivity index (χ0) is 31.4. The molecule has 2 unspecified atom stereocenters. The third-order valence-corrected chi connectivity index (χ3v) is 11.2. The Balaban J connectivity index is 2.07. The lowest BCUT2D eigenvalue weighted by Gasteiger charge is -2.26. The van der Waals surface area contributed by atoms with Gasteiger partial charge in [0.1, 0.15) is 0 Å². The second-order valence-corrected chi connectivity index (χ2v) is 19.3. The van der Waals surface area contributed by atoms with Gasteiger partial charge >= 0.3 is 0 Å². The van der Waals surface area contributed by atoms with Crippen molar-refractivity contribution in [3.8, 4) is 33.9 Å². The van der Waals surface area contributed by atoms with E-state index in [9.17, 15) is 0 Å². The molecule has 0 bridgehead atoms. The Kier molecular flexibility index (Phi) is 9.82. The van der Waals surface area contributed by atoms with Gasteiger partial charge in [-0.25, -0.2) is 13.9 Å². The Morgan fingerprint density at radius 3 is 1.17 bits per heavy atom. The molecule has 3 heterocycles. The second-order valence-electron chi connectivity index (χ2n) is 15.2. The van der Waals surface area contributed by atoms with Gasteiger partial charge in [0.15, 0.2) is 0 Å². The van der Waals surface area contributed by atoms with Gasteiger partial charge in [-0.05, 0) is 101 Å². The summed E-state index contributed by atoms with van der Waals surface area (Å²) in [6.45, 7) is 27.1. The second kappa shape index (κ2) is 12.1. The van der Waals surface area contributed by atoms with Crippen LogP contribution in [0.1, 0.15) is 106 Å².